The summed E-state index contributed by atoms with van der Waals surface area (Å²) < 4.78 is 26.1. The number of nitrogen functional groups attached to an aromatic ring is 1. The summed E-state index contributed by atoms with van der Waals surface area (Å²) in [4.78, 5) is 11.8. The van der Waals surface area contributed by atoms with E-state index in [1.54, 1.807) is 25.1 Å². The van der Waals surface area contributed by atoms with Crippen molar-refractivity contribution in [2.45, 2.75) is 6.92 Å². The number of hydrogen-bond acceptors (Lipinski definition) is 2. The third-order valence-electron chi connectivity index (χ3n) is 2.80. The fourth-order valence-corrected chi connectivity index (χ4v) is 1.66. The first-order valence-corrected chi connectivity index (χ1v) is 5.85. The van der Waals surface area contributed by atoms with Crippen LogP contribution in [0, 0.1) is 18.6 Å². The molecule has 2 aromatic carbocycles. The van der Waals surface area contributed by atoms with Crippen LogP contribution in [-0.4, -0.2) is 6.03 Å². The van der Waals surface area contributed by atoms with Crippen LogP contribution < -0.4 is 16.4 Å². The second kappa shape index (κ2) is 5.56. The Kier molecular flexibility index (Phi) is 3.84. The van der Waals surface area contributed by atoms with Gasteiger partial charge < -0.3 is 16.4 Å². The van der Waals surface area contributed by atoms with Gasteiger partial charge in [0.05, 0.1) is 5.69 Å². The van der Waals surface area contributed by atoms with E-state index in [0.717, 1.165) is 12.1 Å². The van der Waals surface area contributed by atoms with Crippen LogP contribution in [-0.2, 0) is 0 Å². The number of nitrogens with two attached hydrogens (primary N) is 1. The number of halogens is 2. The average Bonchev–Trinajstić information content (AvgIpc) is 2.38. The van der Waals surface area contributed by atoms with E-state index in [4.69, 9.17) is 5.73 Å². The highest BCUT2D eigenvalue weighted by molar-refractivity contribution is 6.00. The topological polar surface area (TPSA) is 67.1 Å². The van der Waals surface area contributed by atoms with E-state index < -0.39 is 17.7 Å². The van der Waals surface area contributed by atoms with E-state index in [1.807, 2.05) is 0 Å². The second-order valence-corrected chi connectivity index (χ2v) is 4.22. The van der Waals surface area contributed by atoms with Gasteiger partial charge in [-0.05, 0) is 36.8 Å². The van der Waals surface area contributed by atoms with E-state index in [2.05, 4.69) is 10.6 Å². The van der Waals surface area contributed by atoms with Crippen LogP contribution in [0.4, 0.5) is 30.6 Å². The molecule has 2 rings (SSSR count). The van der Waals surface area contributed by atoms with Gasteiger partial charge in [-0.15, -0.1) is 0 Å². The molecule has 0 radical (unpaired) electrons. The van der Waals surface area contributed by atoms with Gasteiger partial charge in [0.25, 0.3) is 0 Å². The van der Waals surface area contributed by atoms with E-state index >= 15 is 0 Å². The zero-order chi connectivity index (χ0) is 14.7. The zero-order valence-electron chi connectivity index (χ0n) is 10.7. The number of rotatable bonds is 2. The summed E-state index contributed by atoms with van der Waals surface area (Å²) in [6.45, 7) is 1.75. The largest absolute Gasteiger partial charge is 0.398 e. The maximum Gasteiger partial charge on any atom is 0.323 e. The number of anilines is 3. The molecule has 0 fully saturated rings. The van der Waals surface area contributed by atoms with Gasteiger partial charge in [0.15, 0.2) is 0 Å². The number of urea groups is 1. The lowest BCUT2D eigenvalue weighted by atomic mass is 10.1. The normalized spacial score (nSPS) is 10.2. The molecule has 0 bridgehead atoms. The van der Waals surface area contributed by atoms with Crippen LogP contribution in [0.2, 0.25) is 0 Å². The van der Waals surface area contributed by atoms with Crippen molar-refractivity contribution >= 4 is 23.1 Å². The van der Waals surface area contributed by atoms with E-state index in [9.17, 15) is 13.6 Å². The average molecular weight is 277 g/mol. The van der Waals surface area contributed by atoms with Gasteiger partial charge in [0.2, 0.25) is 0 Å². The molecule has 2 amide bonds. The van der Waals surface area contributed by atoms with Crippen molar-refractivity contribution in [1.29, 1.82) is 0 Å². The highest BCUT2D eigenvalue weighted by atomic mass is 19.1. The van der Waals surface area contributed by atoms with Crippen molar-refractivity contribution in [3.8, 4) is 0 Å². The predicted octanol–water partition coefficient (Wildman–Crippen LogP) is 3.50. The fourth-order valence-electron chi connectivity index (χ4n) is 1.66. The molecule has 4 nitrogen and oxygen atoms in total. The number of benzene rings is 2. The van der Waals surface area contributed by atoms with Gasteiger partial charge in [-0.25, -0.2) is 13.6 Å². The number of carbonyl (C=O) groups excluding carboxylic acids is 1. The van der Waals surface area contributed by atoms with Crippen LogP contribution in [0.25, 0.3) is 0 Å². The van der Waals surface area contributed by atoms with E-state index in [0.29, 0.717) is 23.0 Å². The quantitative estimate of drug-likeness (QED) is 0.735. The van der Waals surface area contributed by atoms with Gasteiger partial charge >= 0.3 is 6.03 Å². The molecule has 0 spiro atoms. The minimum absolute atomic E-state index is 0.106. The lowest BCUT2D eigenvalue weighted by Gasteiger charge is -2.11. The molecule has 0 heterocycles. The van der Waals surface area contributed by atoms with E-state index in [-0.39, 0.29) is 5.69 Å². The highest BCUT2D eigenvalue weighted by Gasteiger charge is 2.09. The van der Waals surface area contributed by atoms with Crippen LogP contribution in [0.1, 0.15) is 5.56 Å². The highest BCUT2D eigenvalue weighted by Crippen LogP contribution is 2.21. The third kappa shape index (κ3) is 3.03. The molecule has 0 aliphatic rings. The first-order valence-electron chi connectivity index (χ1n) is 5.85. The fraction of sp³-hybridized carbons (Fsp3) is 0.0714. The molecule has 0 unspecified atom stereocenters. The Labute approximate surface area is 114 Å². The molecule has 0 saturated heterocycles. The second-order valence-electron chi connectivity index (χ2n) is 4.22. The molecule has 6 heteroatoms. The molecular weight excluding hydrogens is 264 g/mol. The summed E-state index contributed by atoms with van der Waals surface area (Å²) in [5.74, 6) is -1.55. The standard InChI is InChI=1S/C14H13F2N3O/c1-8-11(17)3-2-4-12(8)18-14(20)19-13-6-5-9(15)7-10(13)16/h2-7H,17H2,1H3,(H2,18,19,20). The van der Waals surface area contributed by atoms with Gasteiger partial charge in [0.1, 0.15) is 11.6 Å². The molecule has 0 aliphatic heterocycles. The maximum absolute atomic E-state index is 13.4. The number of carbonyl (C=O) groups is 1. The van der Waals surface area contributed by atoms with Gasteiger partial charge in [0, 0.05) is 17.4 Å². The number of hydrogen-bond donors (Lipinski definition) is 3. The summed E-state index contributed by atoms with van der Waals surface area (Å²) >= 11 is 0. The lowest BCUT2D eigenvalue weighted by molar-refractivity contribution is 0.262. The summed E-state index contributed by atoms with van der Waals surface area (Å²) in [7, 11) is 0. The minimum Gasteiger partial charge on any atom is -0.398 e. The SMILES string of the molecule is Cc1c(N)cccc1NC(=O)Nc1ccc(F)cc1F. The lowest BCUT2D eigenvalue weighted by Crippen LogP contribution is -2.20. The Hall–Kier alpha value is -2.63. The van der Waals surface area contributed by atoms with Crippen LogP contribution in [0.15, 0.2) is 36.4 Å². The molecule has 4 N–H and O–H groups in total. The van der Waals surface area contributed by atoms with Crippen molar-refractivity contribution in [3.05, 3.63) is 53.6 Å². The van der Waals surface area contributed by atoms with Gasteiger partial charge in [-0.2, -0.15) is 0 Å². The Bertz CT molecular complexity index is 659. The van der Waals surface area contributed by atoms with Crippen LogP contribution in [0.5, 0.6) is 0 Å². The molecule has 0 atom stereocenters. The molecule has 0 aromatic heterocycles. The number of nitrogens with one attached hydrogen (secondary N) is 2. The van der Waals surface area contributed by atoms with Crippen molar-refractivity contribution in [3.63, 3.8) is 0 Å². The summed E-state index contributed by atoms with van der Waals surface area (Å²) in [5, 5.41) is 4.85. The molecular formula is C14H13F2N3O. The Morgan fingerprint density at radius 1 is 1.10 bits per heavy atom. The smallest absolute Gasteiger partial charge is 0.323 e. The Balaban J connectivity index is 2.11. The Morgan fingerprint density at radius 2 is 1.80 bits per heavy atom. The molecule has 0 aliphatic carbocycles. The molecule has 104 valence electrons. The first kappa shape index (κ1) is 13.8. The molecule has 2 aromatic rings. The minimum atomic E-state index is -0.843. The zero-order valence-corrected chi connectivity index (χ0v) is 10.7. The van der Waals surface area contributed by atoms with Crippen LogP contribution in [0.3, 0.4) is 0 Å². The Morgan fingerprint density at radius 3 is 2.50 bits per heavy atom. The molecule has 0 saturated carbocycles. The number of amides is 2. The van der Waals surface area contributed by atoms with Gasteiger partial charge in [-0.1, -0.05) is 6.07 Å². The van der Waals surface area contributed by atoms with Crippen LogP contribution >= 0.6 is 0 Å². The predicted molar refractivity (Wildman–Crippen MR) is 74.6 cm³/mol. The van der Waals surface area contributed by atoms with Gasteiger partial charge in [-0.3, -0.25) is 0 Å². The van der Waals surface area contributed by atoms with Crippen molar-refractivity contribution in [2.24, 2.45) is 0 Å². The monoisotopic (exact) mass is 277 g/mol. The first-order chi connectivity index (χ1) is 9.47. The third-order valence-corrected chi connectivity index (χ3v) is 2.80. The van der Waals surface area contributed by atoms with Crippen molar-refractivity contribution < 1.29 is 13.6 Å². The molecule has 20 heavy (non-hydrogen) atoms. The summed E-state index contributed by atoms with van der Waals surface area (Å²) in [6, 6.07) is 7.34. The van der Waals surface area contributed by atoms with Crippen molar-refractivity contribution in [1.82, 2.24) is 0 Å². The van der Waals surface area contributed by atoms with E-state index in [1.165, 1.54) is 0 Å². The summed E-state index contributed by atoms with van der Waals surface area (Å²) in [5.41, 5.74) is 7.38. The van der Waals surface area contributed by atoms with Crippen molar-refractivity contribution in [2.75, 3.05) is 16.4 Å². The maximum atomic E-state index is 13.4. The summed E-state index contributed by atoms with van der Waals surface area (Å²) in [6.07, 6.45) is 0.